The number of benzene rings is 2. The molecule has 4 nitrogen and oxygen atoms in total. The van der Waals surface area contributed by atoms with Gasteiger partial charge in [0.2, 0.25) is 0 Å². The molecule has 0 fully saturated rings. The fourth-order valence-corrected chi connectivity index (χ4v) is 8.73. The van der Waals surface area contributed by atoms with Gasteiger partial charge in [-0.15, -0.1) is 0 Å². The molecule has 0 bridgehead atoms. The fraction of sp³-hybridized carbons (Fsp3) is 0.250. The van der Waals surface area contributed by atoms with E-state index in [0.29, 0.717) is 13.2 Å². The fourth-order valence-electron chi connectivity index (χ4n) is 2.10. The maximum absolute atomic E-state index is 8.90. The van der Waals surface area contributed by atoms with Gasteiger partial charge in [0.15, 0.2) is 0 Å². The normalized spacial score (nSPS) is 10.0. The van der Waals surface area contributed by atoms with Crippen molar-refractivity contribution in [2.75, 3.05) is 26.4 Å². The van der Waals surface area contributed by atoms with Crippen molar-refractivity contribution in [3.8, 4) is 11.5 Å². The van der Waals surface area contributed by atoms with E-state index in [-0.39, 0.29) is 13.2 Å². The molecule has 0 aromatic heterocycles. The van der Waals surface area contributed by atoms with Crippen molar-refractivity contribution in [2.24, 2.45) is 0 Å². The van der Waals surface area contributed by atoms with Crippen molar-refractivity contribution >= 4 is 6.14 Å². The molecule has 21 heavy (non-hydrogen) atoms. The van der Waals surface area contributed by atoms with Gasteiger partial charge in [-0.3, -0.25) is 0 Å². The van der Waals surface area contributed by atoms with E-state index in [9.17, 15) is 0 Å². The monoisotopic (exact) mass is 476 g/mol. The molecule has 0 heterocycles. The van der Waals surface area contributed by atoms with Gasteiger partial charge >= 0.3 is 137 Å². The second kappa shape index (κ2) is 9.02. The second-order valence-electron chi connectivity index (χ2n) is 4.54. The standard InChI is InChI=1S/2C8H9O2.Hg/c2*9-6-7-10-8-4-2-1-3-5-8;/h2*1-4,9H,6-7H2;. The molecule has 2 aromatic rings. The van der Waals surface area contributed by atoms with Gasteiger partial charge in [0, 0.05) is 0 Å². The zero-order valence-electron chi connectivity index (χ0n) is 11.9. The Hall–Kier alpha value is -1.10. The van der Waals surface area contributed by atoms with Crippen LogP contribution < -0.4 is 15.6 Å². The van der Waals surface area contributed by atoms with Crippen LogP contribution in [0.1, 0.15) is 0 Å². The molecule has 0 aliphatic carbocycles. The Balaban J connectivity index is 2.18. The van der Waals surface area contributed by atoms with Gasteiger partial charge < -0.3 is 0 Å². The van der Waals surface area contributed by atoms with Crippen LogP contribution in [0.3, 0.4) is 0 Å². The predicted octanol–water partition coefficient (Wildman–Crippen LogP) is 0.462. The van der Waals surface area contributed by atoms with Crippen LogP contribution in [0.25, 0.3) is 0 Å². The van der Waals surface area contributed by atoms with Crippen molar-refractivity contribution < 1.29 is 44.3 Å². The van der Waals surface area contributed by atoms with Crippen LogP contribution in [-0.4, -0.2) is 36.6 Å². The summed E-state index contributed by atoms with van der Waals surface area (Å²) in [5, 5.41) is 17.8. The zero-order valence-corrected chi connectivity index (χ0v) is 17.4. The quantitative estimate of drug-likeness (QED) is 0.546. The van der Waals surface area contributed by atoms with E-state index in [1.165, 1.54) is 6.14 Å². The summed E-state index contributed by atoms with van der Waals surface area (Å²) >= 11 is -1.62. The van der Waals surface area contributed by atoms with Crippen molar-refractivity contribution in [3.63, 3.8) is 0 Å². The molecular formula is C16H18HgO4. The number of rotatable bonds is 8. The number of para-hydroxylation sites is 2. The third kappa shape index (κ3) is 4.98. The molecule has 0 amide bonds. The summed E-state index contributed by atoms with van der Waals surface area (Å²) in [7, 11) is 0. The van der Waals surface area contributed by atoms with Gasteiger partial charge in [0.1, 0.15) is 0 Å². The van der Waals surface area contributed by atoms with Gasteiger partial charge in [-0.2, -0.15) is 0 Å². The van der Waals surface area contributed by atoms with E-state index in [2.05, 4.69) is 12.1 Å². The number of aliphatic hydroxyl groups excluding tert-OH is 2. The van der Waals surface area contributed by atoms with Crippen LogP contribution >= 0.6 is 0 Å². The van der Waals surface area contributed by atoms with Gasteiger partial charge in [-0.25, -0.2) is 0 Å². The first kappa shape index (κ1) is 16.3. The van der Waals surface area contributed by atoms with E-state index in [1.807, 2.05) is 36.4 Å². The zero-order chi connectivity index (χ0) is 14.9. The summed E-state index contributed by atoms with van der Waals surface area (Å²) in [6, 6.07) is 16.0. The molecule has 0 radical (unpaired) electrons. The molecule has 2 N–H and O–H groups in total. The molecule has 0 atom stereocenters. The topological polar surface area (TPSA) is 58.9 Å². The number of aliphatic hydroxyl groups is 2. The molecule has 0 aliphatic rings. The SMILES string of the molecule is OCCOc1cccc[c]1[Hg][c]1ccccc1OCCO. The third-order valence-corrected chi connectivity index (χ3v) is 10.5. The predicted molar refractivity (Wildman–Crippen MR) is 77.3 cm³/mol. The first-order valence-corrected chi connectivity index (χ1v) is 12.5. The summed E-state index contributed by atoms with van der Waals surface area (Å²) in [5.74, 6) is 1.73. The number of hydrogen-bond acceptors (Lipinski definition) is 4. The number of ether oxygens (including phenoxy) is 2. The van der Waals surface area contributed by atoms with Crippen LogP contribution in [0.2, 0.25) is 0 Å². The Morgan fingerprint density at radius 1 is 0.714 bits per heavy atom. The molecule has 2 aromatic carbocycles. The third-order valence-electron chi connectivity index (χ3n) is 3.02. The molecule has 0 unspecified atom stereocenters. The van der Waals surface area contributed by atoms with E-state index in [4.69, 9.17) is 19.7 Å². The van der Waals surface area contributed by atoms with Crippen molar-refractivity contribution in [1.82, 2.24) is 0 Å². The average molecular weight is 475 g/mol. The Kier molecular flexibility index (Phi) is 6.99. The van der Waals surface area contributed by atoms with Crippen LogP contribution in [0, 0.1) is 0 Å². The van der Waals surface area contributed by atoms with Crippen molar-refractivity contribution in [1.29, 1.82) is 0 Å². The summed E-state index contributed by atoms with van der Waals surface area (Å²) in [5.41, 5.74) is 0. The van der Waals surface area contributed by atoms with Crippen LogP contribution in [-0.2, 0) is 24.6 Å². The average Bonchev–Trinajstić information content (AvgIpc) is 2.53. The minimum absolute atomic E-state index is 0.0153. The van der Waals surface area contributed by atoms with Crippen molar-refractivity contribution in [2.45, 2.75) is 0 Å². The Morgan fingerprint density at radius 2 is 1.14 bits per heavy atom. The van der Waals surface area contributed by atoms with E-state index in [0.717, 1.165) is 11.5 Å². The summed E-state index contributed by atoms with van der Waals surface area (Å²) in [6.45, 7) is 0.657. The Bertz CT molecular complexity index is 510. The summed E-state index contributed by atoms with van der Waals surface area (Å²) < 4.78 is 13.7. The van der Waals surface area contributed by atoms with Gasteiger partial charge in [-0.05, 0) is 0 Å². The molecule has 0 spiro atoms. The van der Waals surface area contributed by atoms with E-state index < -0.39 is 24.6 Å². The molecule has 0 aliphatic heterocycles. The van der Waals surface area contributed by atoms with Crippen LogP contribution in [0.15, 0.2) is 48.5 Å². The van der Waals surface area contributed by atoms with Crippen LogP contribution in [0.5, 0.6) is 11.5 Å². The first-order valence-electron chi connectivity index (χ1n) is 6.98. The molecule has 108 valence electrons. The van der Waals surface area contributed by atoms with E-state index >= 15 is 0 Å². The maximum atomic E-state index is 8.90. The Labute approximate surface area is 136 Å². The summed E-state index contributed by atoms with van der Waals surface area (Å²) in [4.78, 5) is 0. The van der Waals surface area contributed by atoms with Crippen molar-refractivity contribution in [3.05, 3.63) is 48.5 Å². The second-order valence-corrected chi connectivity index (χ2v) is 11.8. The van der Waals surface area contributed by atoms with E-state index in [1.54, 1.807) is 0 Å². The molecule has 0 saturated heterocycles. The molecule has 2 rings (SSSR count). The van der Waals surface area contributed by atoms with Gasteiger partial charge in [0.25, 0.3) is 0 Å². The molecular weight excluding hydrogens is 457 g/mol. The number of hydrogen-bond donors (Lipinski definition) is 2. The minimum atomic E-state index is -1.62. The van der Waals surface area contributed by atoms with Gasteiger partial charge in [-0.1, -0.05) is 0 Å². The first-order chi connectivity index (χ1) is 10.3. The molecule has 5 heteroatoms. The van der Waals surface area contributed by atoms with Gasteiger partial charge in [0.05, 0.1) is 0 Å². The molecule has 0 saturated carbocycles. The Morgan fingerprint density at radius 3 is 1.57 bits per heavy atom. The summed E-state index contributed by atoms with van der Waals surface area (Å²) in [6.07, 6.45) is 0. The van der Waals surface area contributed by atoms with Crippen LogP contribution in [0.4, 0.5) is 0 Å².